The van der Waals surface area contributed by atoms with Crippen molar-refractivity contribution in [3.05, 3.63) is 18.0 Å². The second-order valence-corrected chi connectivity index (χ2v) is 7.63. The van der Waals surface area contributed by atoms with Crippen LogP contribution in [0.1, 0.15) is 44.3 Å². The van der Waals surface area contributed by atoms with Gasteiger partial charge in [-0.05, 0) is 56.8 Å². The quantitative estimate of drug-likeness (QED) is 0.816. The number of aromatic nitrogens is 4. The molecule has 0 amide bonds. The molecule has 4 rings (SSSR count). The second kappa shape index (κ2) is 7.61. The number of likely N-dealkylation sites (tertiary alicyclic amines) is 1. The van der Waals surface area contributed by atoms with E-state index in [1.165, 1.54) is 38.8 Å². The average Bonchev–Trinajstić information content (AvgIpc) is 2.92. The van der Waals surface area contributed by atoms with E-state index in [-0.39, 0.29) is 5.65 Å². The standard InChI is InChI=1S/C18H25F3N6/c19-18(20,21)17-23-22-15-5-6-16(24-27(15)17)26-11-7-14(8-12-26)13-25-9-3-1-2-4-10-25/h5-6,14H,1-4,7-13H2. The van der Waals surface area contributed by atoms with Crippen LogP contribution >= 0.6 is 0 Å². The molecule has 0 atom stereocenters. The van der Waals surface area contributed by atoms with Crippen molar-refractivity contribution in [1.82, 2.24) is 24.7 Å². The maximum atomic E-state index is 13.0. The Kier molecular flexibility index (Phi) is 5.21. The first kappa shape index (κ1) is 18.5. The average molecular weight is 382 g/mol. The van der Waals surface area contributed by atoms with Crippen molar-refractivity contribution >= 4 is 11.5 Å². The fourth-order valence-corrected chi connectivity index (χ4v) is 4.15. The minimum Gasteiger partial charge on any atom is -0.355 e. The Bertz CT molecular complexity index is 758. The number of hydrogen-bond donors (Lipinski definition) is 0. The van der Waals surface area contributed by atoms with Crippen LogP contribution in [0.2, 0.25) is 0 Å². The molecule has 2 fully saturated rings. The number of rotatable bonds is 3. The molecule has 0 bridgehead atoms. The molecule has 0 spiro atoms. The monoisotopic (exact) mass is 382 g/mol. The van der Waals surface area contributed by atoms with Crippen LogP contribution < -0.4 is 4.90 Å². The third kappa shape index (κ3) is 4.17. The minimum atomic E-state index is -4.56. The number of halogens is 3. The molecule has 2 aromatic heterocycles. The number of hydrogen-bond acceptors (Lipinski definition) is 5. The Morgan fingerprint density at radius 3 is 2.30 bits per heavy atom. The summed E-state index contributed by atoms with van der Waals surface area (Å²) in [7, 11) is 0. The Balaban J connectivity index is 1.40. The topological polar surface area (TPSA) is 49.6 Å². The van der Waals surface area contributed by atoms with Crippen LogP contribution in [0.5, 0.6) is 0 Å². The van der Waals surface area contributed by atoms with Crippen LogP contribution in [0.3, 0.4) is 0 Å². The first-order chi connectivity index (χ1) is 13.0. The fraction of sp³-hybridized carbons (Fsp3) is 0.722. The highest BCUT2D eigenvalue weighted by molar-refractivity contribution is 5.46. The summed E-state index contributed by atoms with van der Waals surface area (Å²) in [5.41, 5.74) is 0.113. The summed E-state index contributed by atoms with van der Waals surface area (Å²) in [6.07, 6.45) is 2.80. The second-order valence-electron chi connectivity index (χ2n) is 7.63. The maximum Gasteiger partial charge on any atom is 0.453 e. The summed E-state index contributed by atoms with van der Waals surface area (Å²) in [4.78, 5) is 4.66. The lowest BCUT2D eigenvalue weighted by Gasteiger charge is -2.35. The van der Waals surface area contributed by atoms with Crippen molar-refractivity contribution < 1.29 is 13.2 Å². The van der Waals surface area contributed by atoms with Gasteiger partial charge in [-0.1, -0.05) is 12.8 Å². The number of nitrogens with zero attached hydrogens (tertiary/aromatic N) is 6. The highest BCUT2D eigenvalue weighted by Crippen LogP contribution is 2.29. The van der Waals surface area contributed by atoms with Crippen LogP contribution in [0.25, 0.3) is 5.65 Å². The lowest BCUT2D eigenvalue weighted by molar-refractivity contribution is -0.146. The van der Waals surface area contributed by atoms with Gasteiger partial charge in [-0.25, -0.2) is 0 Å². The Morgan fingerprint density at radius 2 is 1.63 bits per heavy atom. The van der Waals surface area contributed by atoms with Gasteiger partial charge in [-0.15, -0.1) is 15.3 Å². The molecule has 2 aliphatic rings. The zero-order valence-corrected chi connectivity index (χ0v) is 15.3. The van der Waals surface area contributed by atoms with Gasteiger partial charge in [0.1, 0.15) is 5.82 Å². The molecule has 0 aliphatic carbocycles. The van der Waals surface area contributed by atoms with Crippen molar-refractivity contribution in [3.8, 4) is 0 Å². The van der Waals surface area contributed by atoms with E-state index in [0.717, 1.165) is 37.0 Å². The van der Waals surface area contributed by atoms with Gasteiger partial charge in [-0.3, -0.25) is 0 Å². The van der Waals surface area contributed by atoms with E-state index in [1.807, 2.05) is 0 Å². The van der Waals surface area contributed by atoms with Crippen molar-refractivity contribution in [2.24, 2.45) is 5.92 Å². The van der Waals surface area contributed by atoms with E-state index < -0.39 is 12.0 Å². The smallest absolute Gasteiger partial charge is 0.355 e. The molecule has 2 aliphatic heterocycles. The lowest BCUT2D eigenvalue weighted by Crippen LogP contribution is -2.39. The zero-order chi connectivity index (χ0) is 18.9. The van der Waals surface area contributed by atoms with Crippen molar-refractivity contribution in [3.63, 3.8) is 0 Å². The van der Waals surface area contributed by atoms with Gasteiger partial charge in [0.05, 0.1) is 0 Å². The number of anilines is 1. The van der Waals surface area contributed by atoms with E-state index in [0.29, 0.717) is 11.7 Å². The van der Waals surface area contributed by atoms with Crippen LogP contribution in [-0.4, -0.2) is 57.4 Å². The van der Waals surface area contributed by atoms with Crippen LogP contribution in [0.15, 0.2) is 12.1 Å². The molecule has 0 saturated carbocycles. The Morgan fingerprint density at radius 1 is 0.926 bits per heavy atom. The molecular formula is C18H25F3N6. The molecule has 9 heteroatoms. The van der Waals surface area contributed by atoms with Gasteiger partial charge in [0.2, 0.25) is 0 Å². The molecule has 2 saturated heterocycles. The molecule has 0 radical (unpaired) electrons. The molecule has 0 aromatic carbocycles. The largest absolute Gasteiger partial charge is 0.453 e. The number of piperidine rings is 1. The fourth-order valence-electron chi connectivity index (χ4n) is 4.15. The molecule has 148 valence electrons. The van der Waals surface area contributed by atoms with E-state index in [1.54, 1.807) is 12.1 Å². The van der Waals surface area contributed by atoms with E-state index >= 15 is 0 Å². The first-order valence-corrected chi connectivity index (χ1v) is 9.78. The highest BCUT2D eigenvalue weighted by atomic mass is 19.4. The minimum absolute atomic E-state index is 0.113. The van der Waals surface area contributed by atoms with Crippen LogP contribution in [-0.2, 0) is 6.18 Å². The van der Waals surface area contributed by atoms with Crippen LogP contribution in [0.4, 0.5) is 19.0 Å². The van der Waals surface area contributed by atoms with Gasteiger partial charge >= 0.3 is 6.18 Å². The van der Waals surface area contributed by atoms with Gasteiger partial charge in [0.15, 0.2) is 5.65 Å². The van der Waals surface area contributed by atoms with Crippen molar-refractivity contribution in [2.45, 2.75) is 44.7 Å². The third-order valence-electron chi connectivity index (χ3n) is 5.66. The SMILES string of the molecule is FC(F)(F)c1nnc2ccc(N3CCC(CN4CCCCCC4)CC3)nn12. The normalized spacial score (nSPS) is 20.9. The van der Waals surface area contributed by atoms with Gasteiger partial charge in [0, 0.05) is 19.6 Å². The number of alkyl halides is 3. The Hall–Kier alpha value is -1.90. The highest BCUT2D eigenvalue weighted by Gasteiger charge is 2.38. The summed E-state index contributed by atoms with van der Waals surface area (Å²) in [5, 5.41) is 11.0. The van der Waals surface area contributed by atoms with Gasteiger partial charge in [-0.2, -0.15) is 17.7 Å². The lowest BCUT2D eigenvalue weighted by atomic mass is 9.96. The third-order valence-corrected chi connectivity index (χ3v) is 5.66. The Labute approximate surface area is 156 Å². The maximum absolute atomic E-state index is 13.0. The van der Waals surface area contributed by atoms with E-state index in [9.17, 15) is 13.2 Å². The summed E-state index contributed by atoms with van der Waals surface area (Å²) < 4.78 is 39.9. The number of fused-ring (bicyclic) bond motifs is 1. The summed E-state index contributed by atoms with van der Waals surface area (Å²) in [6.45, 7) is 5.18. The molecule has 0 N–H and O–H groups in total. The summed E-state index contributed by atoms with van der Waals surface area (Å²) in [5.74, 6) is 0.139. The molecule has 2 aromatic rings. The molecule has 4 heterocycles. The predicted molar refractivity (Wildman–Crippen MR) is 95.6 cm³/mol. The van der Waals surface area contributed by atoms with Crippen LogP contribution in [0, 0.1) is 5.92 Å². The zero-order valence-electron chi connectivity index (χ0n) is 15.3. The van der Waals surface area contributed by atoms with E-state index in [2.05, 4.69) is 25.1 Å². The molecular weight excluding hydrogens is 357 g/mol. The predicted octanol–water partition coefficient (Wildman–Crippen LogP) is 3.24. The van der Waals surface area contributed by atoms with Crippen molar-refractivity contribution in [1.29, 1.82) is 0 Å². The molecule has 0 unspecified atom stereocenters. The summed E-state index contributed by atoms with van der Waals surface area (Å²) in [6, 6.07) is 3.28. The van der Waals surface area contributed by atoms with E-state index in [4.69, 9.17) is 0 Å². The van der Waals surface area contributed by atoms with Crippen molar-refractivity contribution in [2.75, 3.05) is 37.6 Å². The van der Waals surface area contributed by atoms with Gasteiger partial charge in [0.25, 0.3) is 5.82 Å². The molecule has 27 heavy (non-hydrogen) atoms. The summed E-state index contributed by atoms with van der Waals surface area (Å²) >= 11 is 0. The van der Waals surface area contributed by atoms with Gasteiger partial charge < -0.3 is 9.80 Å². The molecule has 6 nitrogen and oxygen atoms in total. The first-order valence-electron chi connectivity index (χ1n) is 9.78.